The first-order valence-corrected chi connectivity index (χ1v) is 11.1. The van der Waals surface area contributed by atoms with Crippen LogP contribution in [0, 0.1) is 0 Å². The van der Waals surface area contributed by atoms with Gasteiger partial charge in [-0.25, -0.2) is 13.6 Å². The fourth-order valence-electron chi connectivity index (χ4n) is 2.50. The van der Waals surface area contributed by atoms with E-state index in [1.54, 1.807) is 31.2 Å². The van der Waals surface area contributed by atoms with Crippen molar-refractivity contribution < 1.29 is 27.2 Å². The normalized spacial score (nSPS) is 15.9. The zero-order valence-electron chi connectivity index (χ0n) is 15.2. The molecule has 0 spiro atoms. The molecule has 2 N–H and O–H groups in total. The van der Waals surface area contributed by atoms with Gasteiger partial charge in [-0.15, -0.1) is 0 Å². The molecule has 0 aliphatic carbocycles. The summed E-state index contributed by atoms with van der Waals surface area (Å²) in [5.74, 6) is -0.0387. The summed E-state index contributed by atoms with van der Waals surface area (Å²) in [6.45, 7) is 1.66. The number of nitrogens with two attached hydrogens (primary N) is 1. The lowest BCUT2D eigenvalue weighted by Crippen LogP contribution is -2.34. The number of amides is 1. The van der Waals surface area contributed by atoms with Crippen molar-refractivity contribution in [2.45, 2.75) is 11.8 Å². The van der Waals surface area contributed by atoms with Crippen molar-refractivity contribution in [3.05, 3.63) is 47.1 Å². The highest BCUT2D eigenvalue weighted by Crippen LogP contribution is 2.33. The van der Waals surface area contributed by atoms with E-state index in [1.165, 1.54) is 23.1 Å². The Balaban J connectivity index is 1.77. The first kappa shape index (κ1) is 21.2. The van der Waals surface area contributed by atoms with E-state index >= 15 is 0 Å². The minimum Gasteiger partial charge on any atom is -0.465 e. The molecule has 152 valence electrons. The zero-order valence-corrected chi connectivity index (χ0v) is 17.6. The monoisotopic (exact) mass is 452 g/mol. The number of hydrogen-bond acceptors (Lipinski definition) is 8. The van der Waals surface area contributed by atoms with Crippen LogP contribution in [0.25, 0.3) is 17.4 Å². The van der Waals surface area contributed by atoms with E-state index in [4.69, 9.17) is 26.5 Å². The van der Waals surface area contributed by atoms with Crippen LogP contribution in [-0.4, -0.2) is 42.7 Å². The summed E-state index contributed by atoms with van der Waals surface area (Å²) in [5.41, 5.74) is 0.645. The SMILES string of the molecule is CCOC(=O)CN1C(=O)/C(=C/c2ccc(-c3ccc(S(N)(=O)=O)cc3)o2)SC1=S. The minimum atomic E-state index is -3.77. The molecule has 0 unspecified atom stereocenters. The molecule has 0 radical (unpaired) electrons. The summed E-state index contributed by atoms with van der Waals surface area (Å²) in [4.78, 5) is 25.6. The number of esters is 1. The summed E-state index contributed by atoms with van der Waals surface area (Å²) >= 11 is 6.23. The van der Waals surface area contributed by atoms with Crippen LogP contribution in [0.5, 0.6) is 0 Å². The fraction of sp³-hybridized carbons (Fsp3) is 0.167. The first-order chi connectivity index (χ1) is 13.7. The number of carbonyl (C=O) groups excluding carboxylic acids is 2. The Kier molecular flexibility index (Phi) is 6.22. The molecular weight excluding hydrogens is 436 g/mol. The molecule has 1 aromatic carbocycles. The lowest BCUT2D eigenvalue weighted by Gasteiger charge is -2.12. The Morgan fingerprint density at radius 3 is 2.59 bits per heavy atom. The molecule has 1 aliphatic heterocycles. The van der Waals surface area contributed by atoms with E-state index in [2.05, 4.69) is 0 Å². The summed E-state index contributed by atoms with van der Waals surface area (Å²) in [6, 6.07) is 9.26. The van der Waals surface area contributed by atoms with Gasteiger partial charge >= 0.3 is 5.97 Å². The van der Waals surface area contributed by atoms with Crippen LogP contribution in [0.3, 0.4) is 0 Å². The van der Waals surface area contributed by atoms with Gasteiger partial charge in [0.25, 0.3) is 5.91 Å². The van der Waals surface area contributed by atoms with Crippen molar-refractivity contribution in [3.8, 4) is 11.3 Å². The predicted molar refractivity (Wildman–Crippen MR) is 112 cm³/mol. The van der Waals surface area contributed by atoms with Gasteiger partial charge < -0.3 is 9.15 Å². The number of rotatable bonds is 6. The van der Waals surface area contributed by atoms with Gasteiger partial charge in [-0.3, -0.25) is 14.5 Å². The van der Waals surface area contributed by atoms with Crippen LogP contribution in [0.4, 0.5) is 0 Å². The van der Waals surface area contributed by atoms with Crippen LogP contribution < -0.4 is 5.14 Å². The molecule has 1 amide bonds. The Bertz CT molecular complexity index is 1100. The average molecular weight is 453 g/mol. The number of benzene rings is 1. The zero-order chi connectivity index (χ0) is 21.2. The molecule has 3 rings (SSSR count). The van der Waals surface area contributed by atoms with Crippen LogP contribution in [0.1, 0.15) is 12.7 Å². The van der Waals surface area contributed by atoms with Crippen LogP contribution in [0.2, 0.25) is 0 Å². The van der Waals surface area contributed by atoms with Crippen molar-refractivity contribution in [2.75, 3.05) is 13.2 Å². The average Bonchev–Trinajstić information content (AvgIpc) is 3.22. The standard InChI is InChI=1S/C18H16N2O6S3/c1-2-25-16(21)10-20-17(22)15(28-18(20)27)9-12-5-8-14(26-12)11-3-6-13(7-4-11)29(19,23)24/h3-9H,2,10H2,1H3,(H2,19,23,24)/b15-9-. The first-order valence-electron chi connectivity index (χ1n) is 8.33. The quantitative estimate of drug-likeness (QED) is 0.403. The summed E-state index contributed by atoms with van der Waals surface area (Å²) in [7, 11) is -3.77. The van der Waals surface area contributed by atoms with Gasteiger partial charge in [0, 0.05) is 11.6 Å². The van der Waals surface area contributed by atoms with Gasteiger partial charge in [-0.2, -0.15) is 0 Å². The molecule has 11 heteroatoms. The van der Waals surface area contributed by atoms with Crippen molar-refractivity contribution in [1.29, 1.82) is 0 Å². The fourth-order valence-corrected chi connectivity index (χ4v) is 4.25. The van der Waals surface area contributed by atoms with E-state index in [1.807, 2.05) is 0 Å². The van der Waals surface area contributed by atoms with Gasteiger partial charge in [-0.1, -0.05) is 24.0 Å². The highest BCUT2D eigenvalue weighted by molar-refractivity contribution is 8.26. The second-order valence-electron chi connectivity index (χ2n) is 5.84. The van der Waals surface area contributed by atoms with Crippen molar-refractivity contribution >= 4 is 56.3 Å². The molecule has 1 aliphatic rings. The molecule has 0 saturated carbocycles. The van der Waals surface area contributed by atoms with E-state index in [9.17, 15) is 18.0 Å². The maximum Gasteiger partial charge on any atom is 0.326 e. The Labute approximate surface area is 176 Å². The number of thioether (sulfide) groups is 1. The maximum absolute atomic E-state index is 12.5. The van der Waals surface area contributed by atoms with Gasteiger partial charge in [0.05, 0.1) is 16.4 Å². The van der Waals surface area contributed by atoms with E-state index < -0.39 is 21.9 Å². The van der Waals surface area contributed by atoms with Gasteiger partial charge in [-0.05, 0) is 43.3 Å². The molecule has 1 fully saturated rings. The molecule has 2 heterocycles. The summed E-state index contributed by atoms with van der Waals surface area (Å²) in [5, 5.41) is 5.09. The number of sulfonamides is 1. The van der Waals surface area contributed by atoms with E-state index in [0.29, 0.717) is 22.0 Å². The number of ether oxygens (including phenoxy) is 1. The topological polar surface area (TPSA) is 120 Å². The van der Waals surface area contributed by atoms with Crippen LogP contribution >= 0.6 is 24.0 Å². The van der Waals surface area contributed by atoms with Crippen molar-refractivity contribution in [3.63, 3.8) is 0 Å². The summed E-state index contributed by atoms with van der Waals surface area (Å²) in [6.07, 6.45) is 1.53. The third-order valence-corrected chi connectivity index (χ3v) is 6.14. The predicted octanol–water partition coefficient (Wildman–Crippen LogP) is 2.36. The summed E-state index contributed by atoms with van der Waals surface area (Å²) < 4.78 is 33.5. The van der Waals surface area contributed by atoms with E-state index in [0.717, 1.165) is 11.8 Å². The third kappa shape index (κ3) is 4.93. The van der Waals surface area contributed by atoms with Crippen LogP contribution in [-0.2, 0) is 24.3 Å². The molecule has 8 nitrogen and oxygen atoms in total. The van der Waals surface area contributed by atoms with E-state index in [-0.39, 0.29) is 22.4 Å². The number of primary sulfonamides is 1. The van der Waals surface area contributed by atoms with Gasteiger partial charge in [0.15, 0.2) is 0 Å². The lowest BCUT2D eigenvalue weighted by atomic mass is 10.2. The molecule has 29 heavy (non-hydrogen) atoms. The lowest BCUT2D eigenvalue weighted by molar-refractivity contribution is -0.145. The second kappa shape index (κ2) is 8.49. The molecule has 1 saturated heterocycles. The number of thiocarbonyl (C=S) groups is 1. The Morgan fingerprint density at radius 2 is 1.97 bits per heavy atom. The molecule has 0 atom stereocenters. The van der Waals surface area contributed by atoms with Crippen molar-refractivity contribution in [1.82, 2.24) is 4.90 Å². The Morgan fingerprint density at radius 1 is 1.28 bits per heavy atom. The number of furan rings is 1. The molecule has 0 bridgehead atoms. The maximum atomic E-state index is 12.5. The molecular formula is C18H16N2O6S3. The number of nitrogens with zero attached hydrogens (tertiary/aromatic N) is 1. The van der Waals surface area contributed by atoms with Gasteiger partial charge in [0.2, 0.25) is 10.0 Å². The highest BCUT2D eigenvalue weighted by Gasteiger charge is 2.34. The largest absolute Gasteiger partial charge is 0.465 e. The van der Waals surface area contributed by atoms with Gasteiger partial charge in [0.1, 0.15) is 22.4 Å². The van der Waals surface area contributed by atoms with Crippen LogP contribution in [0.15, 0.2) is 50.6 Å². The molecule has 1 aromatic heterocycles. The highest BCUT2D eigenvalue weighted by atomic mass is 32.2. The Hall–Kier alpha value is -2.47. The smallest absolute Gasteiger partial charge is 0.326 e. The third-order valence-electron chi connectivity index (χ3n) is 3.83. The molecule has 2 aromatic rings. The minimum absolute atomic E-state index is 0.00157. The van der Waals surface area contributed by atoms with Crippen molar-refractivity contribution in [2.24, 2.45) is 5.14 Å². The second-order valence-corrected chi connectivity index (χ2v) is 9.08. The number of carbonyl (C=O) groups is 2. The number of hydrogen-bond donors (Lipinski definition) is 1.